The minimum atomic E-state index is 0.298. The van der Waals surface area contributed by atoms with E-state index in [-0.39, 0.29) is 0 Å². The van der Waals surface area contributed by atoms with Crippen molar-refractivity contribution in [3.8, 4) is 5.75 Å². The first kappa shape index (κ1) is 12.9. The molecule has 3 heteroatoms. The third kappa shape index (κ3) is 2.26. The summed E-state index contributed by atoms with van der Waals surface area (Å²) < 4.78 is 11.3. The van der Waals surface area contributed by atoms with Gasteiger partial charge in [0.1, 0.15) is 5.75 Å². The summed E-state index contributed by atoms with van der Waals surface area (Å²) in [7, 11) is 1.69. The van der Waals surface area contributed by atoms with Crippen LogP contribution >= 0.6 is 0 Å². The van der Waals surface area contributed by atoms with Crippen LogP contribution in [0.25, 0.3) is 0 Å². The Morgan fingerprint density at radius 2 is 1.89 bits per heavy atom. The summed E-state index contributed by atoms with van der Waals surface area (Å²) in [6, 6.07) is 8.46. The Morgan fingerprint density at radius 3 is 2.47 bits per heavy atom. The third-order valence-corrected chi connectivity index (χ3v) is 4.99. The van der Waals surface area contributed by atoms with Crippen molar-refractivity contribution in [3.05, 3.63) is 29.8 Å². The average Bonchev–Trinajstić information content (AvgIpc) is 2.96. The minimum absolute atomic E-state index is 0.298. The van der Waals surface area contributed by atoms with Gasteiger partial charge in [-0.1, -0.05) is 25.0 Å². The summed E-state index contributed by atoms with van der Waals surface area (Å²) in [5.74, 6) is 0.890. The fourth-order valence-corrected chi connectivity index (χ4v) is 3.66. The van der Waals surface area contributed by atoms with Crippen LogP contribution in [-0.2, 0) is 11.3 Å². The highest BCUT2D eigenvalue weighted by atomic mass is 16.5. The van der Waals surface area contributed by atoms with Crippen LogP contribution in [0.2, 0.25) is 0 Å². The largest absolute Gasteiger partial charge is 0.497 e. The van der Waals surface area contributed by atoms with Crippen LogP contribution in [0, 0.1) is 5.41 Å². The van der Waals surface area contributed by atoms with Crippen LogP contribution in [-0.4, -0.2) is 19.3 Å². The molecule has 0 saturated heterocycles. The fourth-order valence-electron chi connectivity index (χ4n) is 3.66. The predicted octanol–water partition coefficient (Wildman–Crippen LogP) is 2.87. The zero-order valence-electron chi connectivity index (χ0n) is 11.6. The van der Waals surface area contributed by atoms with Gasteiger partial charge in [0.2, 0.25) is 0 Å². The average molecular weight is 261 g/mol. The summed E-state index contributed by atoms with van der Waals surface area (Å²) in [5.41, 5.74) is 7.72. The molecule has 0 amide bonds. The second kappa shape index (κ2) is 5.14. The summed E-state index contributed by atoms with van der Waals surface area (Å²) in [6.07, 6.45) is 6.53. The molecule has 2 atom stereocenters. The maximum Gasteiger partial charge on any atom is 0.118 e. The van der Waals surface area contributed by atoms with E-state index < -0.39 is 0 Å². The number of methoxy groups -OCH3 is 1. The molecule has 0 radical (unpaired) electrons. The number of hydrogen-bond donors (Lipinski definition) is 1. The lowest BCUT2D eigenvalue weighted by Crippen LogP contribution is -2.60. The predicted molar refractivity (Wildman–Crippen MR) is 75.1 cm³/mol. The van der Waals surface area contributed by atoms with Crippen molar-refractivity contribution in [2.75, 3.05) is 7.11 Å². The van der Waals surface area contributed by atoms with E-state index in [9.17, 15) is 0 Å². The maximum absolute atomic E-state index is 6.22. The first-order valence-electron chi connectivity index (χ1n) is 7.25. The summed E-state index contributed by atoms with van der Waals surface area (Å²) in [5, 5.41) is 0. The lowest BCUT2D eigenvalue weighted by atomic mass is 9.61. The molecule has 2 aliphatic rings. The van der Waals surface area contributed by atoms with Gasteiger partial charge in [-0.2, -0.15) is 0 Å². The molecule has 2 aliphatic carbocycles. The molecule has 1 spiro atoms. The van der Waals surface area contributed by atoms with Gasteiger partial charge in [-0.25, -0.2) is 0 Å². The quantitative estimate of drug-likeness (QED) is 0.906. The van der Waals surface area contributed by atoms with Crippen molar-refractivity contribution in [2.45, 2.75) is 50.9 Å². The van der Waals surface area contributed by atoms with Crippen molar-refractivity contribution in [2.24, 2.45) is 11.1 Å². The van der Waals surface area contributed by atoms with Crippen LogP contribution in [0.4, 0.5) is 0 Å². The standard InChI is InChI=1S/C16H23NO2/c1-18-13-6-4-12(5-7-13)11-19-15-10-14(17)16(15)8-2-3-9-16/h4-7,14-15H,2-3,8-11,17H2,1H3. The molecule has 2 unspecified atom stereocenters. The third-order valence-electron chi connectivity index (χ3n) is 4.99. The molecule has 0 aromatic heterocycles. The molecular formula is C16H23NO2. The molecule has 3 rings (SSSR count). The van der Waals surface area contributed by atoms with Gasteiger partial charge in [0.15, 0.2) is 0 Å². The van der Waals surface area contributed by atoms with Crippen LogP contribution in [0.3, 0.4) is 0 Å². The first-order chi connectivity index (χ1) is 9.24. The minimum Gasteiger partial charge on any atom is -0.497 e. The van der Waals surface area contributed by atoms with Crippen molar-refractivity contribution in [1.29, 1.82) is 0 Å². The van der Waals surface area contributed by atoms with Gasteiger partial charge in [0.25, 0.3) is 0 Å². The second-order valence-corrected chi connectivity index (χ2v) is 5.93. The molecule has 2 fully saturated rings. The maximum atomic E-state index is 6.22. The molecule has 2 saturated carbocycles. The number of nitrogens with two attached hydrogens (primary N) is 1. The second-order valence-electron chi connectivity index (χ2n) is 5.93. The Labute approximate surface area is 115 Å². The topological polar surface area (TPSA) is 44.5 Å². The van der Waals surface area contributed by atoms with Crippen LogP contribution in [0.15, 0.2) is 24.3 Å². The highest BCUT2D eigenvalue weighted by molar-refractivity contribution is 5.26. The van der Waals surface area contributed by atoms with E-state index in [0.29, 0.717) is 24.2 Å². The summed E-state index contributed by atoms with van der Waals surface area (Å²) in [6.45, 7) is 0.684. The normalized spacial score (nSPS) is 28.3. The van der Waals surface area contributed by atoms with E-state index in [1.807, 2.05) is 12.1 Å². The Balaban J connectivity index is 1.57. The van der Waals surface area contributed by atoms with Gasteiger partial charge in [0, 0.05) is 11.5 Å². The van der Waals surface area contributed by atoms with Crippen molar-refractivity contribution >= 4 is 0 Å². The molecule has 19 heavy (non-hydrogen) atoms. The lowest BCUT2D eigenvalue weighted by Gasteiger charge is -2.52. The molecule has 0 bridgehead atoms. The van der Waals surface area contributed by atoms with Crippen molar-refractivity contribution in [1.82, 2.24) is 0 Å². The molecular weight excluding hydrogens is 238 g/mol. The van der Waals surface area contributed by atoms with E-state index in [2.05, 4.69) is 12.1 Å². The van der Waals surface area contributed by atoms with Crippen LogP contribution in [0.1, 0.15) is 37.7 Å². The zero-order chi connectivity index (χ0) is 13.3. The van der Waals surface area contributed by atoms with E-state index in [4.69, 9.17) is 15.2 Å². The lowest BCUT2D eigenvalue weighted by molar-refractivity contribution is -0.130. The highest BCUT2D eigenvalue weighted by Gasteiger charge is 2.55. The smallest absolute Gasteiger partial charge is 0.118 e. The molecule has 2 N–H and O–H groups in total. The number of ether oxygens (including phenoxy) is 2. The van der Waals surface area contributed by atoms with Crippen molar-refractivity contribution < 1.29 is 9.47 Å². The van der Waals surface area contributed by atoms with Gasteiger partial charge in [-0.3, -0.25) is 0 Å². The van der Waals surface area contributed by atoms with Gasteiger partial charge >= 0.3 is 0 Å². The molecule has 0 aliphatic heterocycles. The van der Waals surface area contributed by atoms with Gasteiger partial charge in [0.05, 0.1) is 19.8 Å². The van der Waals surface area contributed by atoms with Gasteiger partial charge < -0.3 is 15.2 Å². The zero-order valence-corrected chi connectivity index (χ0v) is 11.6. The van der Waals surface area contributed by atoms with Crippen molar-refractivity contribution in [3.63, 3.8) is 0 Å². The Hall–Kier alpha value is -1.06. The summed E-state index contributed by atoms with van der Waals surface area (Å²) >= 11 is 0. The fraction of sp³-hybridized carbons (Fsp3) is 0.625. The number of hydrogen-bond acceptors (Lipinski definition) is 3. The van der Waals surface area contributed by atoms with E-state index in [1.165, 1.54) is 31.2 Å². The Kier molecular flexibility index (Phi) is 3.50. The van der Waals surface area contributed by atoms with Gasteiger partial charge in [-0.15, -0.1) is 0 Å². The number of benzene rings is 1. The van der Waals surface area contributed by atoms with Crippen LogP contribution in [0.5, 0.6) is 5.75 Å². The molecule has 1 aromatic carbocycles. The van der Waals surface area contributed by atoms with Gasteiger partial charge in [-0.05, 0) is 37.0 Å². The SMILES string of the molecule is COc1ccc(COC2CC(N)C23CCCC3)cc1. The molecule has 0 heterocycles. The highest BCUT2D eigenvalue weighted by Crippen LogP contribution is 2.53. The monoisotopic (exact) mass is 261 g/mol. The van der Waals surface area contributed by atoms with E-state index >= 15 is 0 Å². The Bertz CT molecular complexity index is 423. The van der Waals surface area contributed by atoms with E-state index in [0.717, 1.165) is 12.2 Å². The molecule has 1 aromatic rings. The Morgan fingerprint density at radius 1 is 1.21 bits per heavy atom. The number of rotatable bonds is 4. The molecule has 3 nitrogen and oxygen atoms in total. The van der Waals surface area contributed by atoms with Crippen LogP contribution < -0.4 is 10.5 Å². The molecule has 104 valence electrons. The first-order valence-corrected chi connectivity index (χ1v) is 7.25. The van der Waals surface area contributed by atoms with E-state index in [1.54, 1.807) is 7.11 Å². The summed E-state index contributed by atoms with van der Waals surface area (Å²) in [4.78, 5) is 0.